The molecule has 0 saturated carbocycles. The molecule has 1 aromatic carbocycles. The van der Waals surface area contributed by atoms with E-state index in [1.54, 1.807) is 6.92 Å². The molecule has 0 amide bonds. The van der Waals surface area contributed by atoms with Gasteiger partial charge in [0, 0.05) is 16.6 Å². The maximum absolute atomic E-state index is 11.3. The number of hydrogen-bond acceptors (Lipinski definition) is 3. The number of rotatable bonds is 4. The molecule has 0 bridgehead atoms. The quantitative estimate of drug-likeness (QED) is 0.854. The van der Waals surface area contributed by atoms with Crippen LogP contribution in [0.3, 0.4) is 0 Å². The second-order valence-corrected chi connectivity index (χ2v) is 4.19. The molecular formula is C11H14BrNO2. The van der Waals surface area contributed by atoms with E-state index in [-0.39, 0.29) is 18.5 Å². The van der Waals surface area contributed by atoms with Crippen LogP contribution >= 0.6 is 15.9 Å². The lowest BCUT2D eigenvalue weighted by molar-refractivity contribution is -0.148. The molecule has 3 nitrogen and oxygen atoms in total. The average molecular weight is 272 g/mol. The number of halogens is 1. The molecule has 15 heavy (non-hydrogen) atoms. The normalized spacial score (nSPS) is 12.2. The van der Waals surface area contributed by atoms with Gasteiger partial charge in [-0.25, -0.2) is 0 Å². The molecule has 4 heteroatoms. The summed E-state index contributed by atoms with van der Waals surface area (Å²) in [4.78, 5) is 11.3. The second kappa shape index (κ2) is 5.88. The fourth-order valence-corrected chi connectivity index (χ4v) is 1.40. The van der Waals surface area contributed by atoms with Crippen molar-refractivity contribution in [1.29, 1.82) is 0 Å². The Kier molecular flexibility index (Phi) is 4.78. The maximum atomic E-state index is 11.3. The number of benzene rings is 1. The third-order valence-corrected chi connectivity index (χ3v) is 2.86. The minimum absolute atomic E-state index is 0.243. The molecule has 0 aliphatic carbocycles. The Morgan fingerprint density at radius 2 is 2.20 bits per heavy atom. The molecule has 2 N–H and O–H groups in total. The molecule has 0 aliphatic heterocycles. The van der Waals surface area contributed by atoms with Gasteiger partial charge in [-0.3, -0.25) is 4.79 Å². The van der Waals surface area contributed by atoms with Gasteiger partial charge in [0.15, 0.2) is 0 Å². The molecule has 0 aliphatic rings. The van der Waals surface area contributed by atoms with Crippen LogP contribution < -0.4 is 5.73 Å². The first-order valence-electron chi connectivity index (χ1n) is 4.75. The van der Waals surface area contributed by atoms with Crippen LogP contribution in [-0.2, 0) is 16.1 Å². The van der Waals surface area contributed by atoms with Crippen molar-refractivity contribution in [1.82, 2.24) is 0 Å². The van der Waals surface area contributed by atoms with Gasteiger partial charge < -0.3 is 10.5 Å². The molecule has 0 saturated heterocycles. The van der Waals surface area contributed by atoms with Crippen LogP contribution in [0.5, 0.6) is 0 Å². The van der Waals surface area contributed by atoms with Gasteiger partial charge in [0.25, 0.3) is 0 Å². The van der Waals surface area contributed by atoms with Gasteiger partial charge in [-0.05, 0) is 6.07 Å². The van der Waals surface area contributed by atoms with Crippen molar-refractivity contribution in [2.45, 2.75) is 13.5 Å². The first-order chi connectivity index (χ1) is 7.15. The predicted octanol–water partition coefficient (Wildman–Crippen LogP) is 2.09. The zero-order valence-corrected chi connectivity index (χ0v) is 10.2. The molecular weight excluding hydrogens is 258 g/mol. The Morgan fingerprint density at radius 3 is 2.80 bits per heavy atom. The van der Waals surface area contributed by atoms with Crippen LogP contribution in [0.4, 0.5) is 0 Å². The lowest BCUT2D eigenvalue weighted by Crippen LogP contribution is -2.22. The molecule has 0 fully saturated rings. The van der Waals surface area contributed by atoms with Gasteiger partial charge in [-0.2, -0.15) is 0 Å². The van der Waals surface area contributed by atoms with Gasteiger partial charge in [0.1, 0.15) is 6.61 Å². The largest absolute Gasteiger partial charge is 0.461 e. The summed E-state index contributed by atoms with van der Waals surface area (Å²) in [5.41, 5.74) is 6.32. The van der Waals surface area contributed by atoms with E-state index in [1.807, 2.05) is 24.3 Å². The van der Waals surface area contributed by atoms with E-state index in [4.69, 9.17) is 10.5 Å². The van der Waals surface area contributed by atoms with Gasteiger partial charge >= 0.3 is 5.97 Å². The highest BCUT2D eigenvalue weighted by molar-refractivity contribution is 9.10. The summed E-state index contributed by atoms with van der Waals surface area (Å²) < 4.78 is 6.06. The van der Waals surface area contributed by atoms with Crippen molar-refractivity contribution in [2.75, 3.05) is 6.54 Å². The number of carbonyl (C=O) groups excluding carboxylic acids is 1. The van der Waals surface area contributed by atoms with Crippen molar-refractivity contribution in [3.63, 3.8) is 0 Å². The monoisotopic (exact) mass is 271 g/mol. The zero-order valence-electron chi connectivity index (χ0n) is 8.57. The molecule has 0 spiro atoms. The van der Waals surface area contributed by atoms with E-state index in [0.29, 0.717) is 6.54 Å². The lowest BCUT2D eigenvalue weighted by atomic mass is 10.2. The number of ether oxygens (including phenoxy) is 1. The third-order valence-electron chi connectivity index (χ3n) is 2.08. The highest BCUT2D eigenvalue weighted by atomic mass is 79.9. The molecule has 82 valence electrons. The first kappa shape index (κ1) is 12.2. The lowest BCUT2D eigenvalue weighted by Gasteiger charge is -2.09. The Hall–Kier alpha value is -0.870. The van der Waals surface area contributed by atoms with Crippen molar-refractivity contribution in [2.24, 2.45) is 11.7 Å². The van der Waals surface area contributed by atoms with E-state index in [2.05, 4.69) is 15.9 Å². The number of carbonyl (C=O) groups is 1. The first-order valence-corrected chi connectivity index (χ1v) is 5.54. The van der Waals surface area contributed by atoms with Crippen LogP contribution in [0.25, 0.3) is 0 Å². The van der Waals surface area contributed by atoms with Crippen molar-refractivity contribution in [3.05, 3.63) is 34.3 Å². The smallest absolute Gasteiger partial charge is 0.310 e. The van der Waals surface area contributed by atoms with Crippen molar-refractivity contribution >= 4 is 21.9 Å². The molecule has 1 atom stereocenters. The van der Waals surface area contributed by atoms with E-state index in [0.717, 1.165) is 10.0 Å². The third kappa shape index (κ3) is 3.64. The highest BCUT2D eigenvalue weighted by Gasteiger charge is 2.12. The van der Waals surface area contributed by atoms with Crippen molar-refractivity contribution < 1.29 is 9.53 Å². The number of hydrogen-bond donors (Lipinski definition) is 1. The summed E-state index contributed by atoms with van der Waals surface area (Å²) in [6, 6.07) is 7.64. The summed E-state index contributed by atoms with van der Waals surface area (Å²) >= 11 is 3.38. The summed E-state index contributed by atoms with van der Waals surface area (Å²) in [6.07, 6.45) is 0. The Labute approximate surface area is 97.7 Å². The molecule has 0 aromatic heterocycles. The number of esters is 1. The highest BCUT2D eigenvalue weighted by Crippen LogP contribution is 2.17. The van der Waals surface area contributed by atoms with E-state index < -0.39 is 0 Å². The van der Waals surface area contributed by atoms with Gasteiger partial charge in [0.05, 0.1) is 5.92 Å². The topological polar surface area (TPSA) is 52.3 Å². The van der Waals surface area contributed by atoms with E-state index >= 15 is 0 Å². The second-order valence-electron chi connectivity index (χ2n) is 3.34. The minimum atomic E-state index is -0.256. The minimum Gasteiger partial charge on any atom is -0.461 e. The molecule has 1 rings (SSSR count). The van der Waals surface area contributed by atoms with Crippen LogP contribution in [-0.4, -0.2) is 12.5 Å². The Balaban J connectivity index is 2.51. The Bertz CT molecular complexity index is 341. The molecule has 0 radical (unpaired) electrons. The fourth-order valence-electron chi connectivity index (χ4n) is 1.00. The SMILES string of the molecule is CC(CN)C(=O)OCc1ccccc1Br. The van der Waals surface area contributed by atoms with Crippen LogP contribution in [0.15, 0.2) is 28.7 Å². The van der Waals surface area contributed by atoms with Crippen LogP contribution in [0.2, 0.25) is 0 Å². The molecule has 0 heterocycles. The van der Waals surface area contributed by atoms with Gasteiger partial charge in [0.2, 0.25) is 0 Å². The fraction of sp³-hybridized carbons (Fsp3) is 0.364. The van der Waals surface area contributed by atoms with Gasteiger partial charge in [-0.1, -0.05) is 41.1 Å². The zero-order chi connectivity index (χ0) is 11.3. The predicted molar refractivity (Wildman–Crippen MR) is 62.2 cm³/mol. The van der Waals surface area contributed by atoms with Crippen molar-refractivity contribution in [3.8, 4) is 0 Å². The maximum Gasteiger partial charge on any atom is 0.310 e. The van der Waals surface area contributed by atoms with E-state index in [1.165, 1.54) is 0 Å². The standard InChI is InChI=1S/C11H14BrNO2/c1-8(6-13)11(14)15-7-9-4-2-3-5-10(9)12/h2-5,8H,6-7,13H2,1H3. The molecule has 1 aromatic rings. The average Bonchev–Trinajstić information content (AvgIpc) is 2.26. The summed E-state index contributed by atoms with van der Waals surface area (Å²) in [5, 5.41) is 0. The van der Waals surface area contributed by atoms with Crippen LogP contribution in [0.1, 0.15) is 12.5 Å². The summed E-state index contributed by atoms with van der Waals surface area (Å²) in [5.74, 6) is -0.499. The van der Waals surface area contributed by atoms with E-state index in [9.17, 15) is 4.79 Å². The Morgan fingerprint density at radius 1 is 1.53 bits per heavy atom. The van der Waals surface area contributed by atoms with Crippen LogP contribution in [0, 0.1) is 5.92 Å². The summed E-state index contributed by atoms with van der Waals surface area (Å²) in [6.45, 7) is 2.35. The number of nitrogens with two attached hydrogens (primary N) is 1. The summed E-state index contributed by atoms with van der Waals surface area (Å²) in [7, 11) is 0. The van der Waals surface area contributed by atoms with Gasteiger partial charge in [-0.15, -0.1) is 0 Å². The molecule has 1 unspecified atom stereocenters.